The second-order valence-corrected chi connectivity index (χ2v) is 5.26. The summed E-state index contributed by atoms with van der Waals surface area (Å²) in [6.45, 7) is 3.75. The highest BCUT2D eigenvalue weighted by molar-refractivity contribution is 5.90. The molecule has 0 aliphatic carbocycles. The Morgan fingerprint density at radius 3 is 2.14 bits per heavy atom. The van der Waals surface area contributed by atoms with E-state index in [0.717, 1.165) is 11.1 Å². The maximum Gasteiger partial charge on any atom is 0.338 e. The first kappa shape index (κ1) is 15.3. The van der Waals surface area contributed by atoms with Gasteiger partial charge in [-0.3, -0.25) is 0 Å². The summed E-state index contributed by atoms with van der Waals surface area (Å²) < 4.78 is 5.20. The van der Waals surface area contributed by atoms with Crippen molar-refractivity contribution < 1.29 is 14.6 Å². The van der Waals surface area contributed by atoms with E-state index in [1.807, 2.05) is 49.4 Å². The van der Waals surface area contributed by atoms with E-state index >= 15 is 0 Å². The summed E-state index contributed by atoms with van der Waals surface area (Å²) in [5, 5.41) is 9.38. The van der Waals surface area contributed by atoms with Crippen molar-refractivity contribution in [1.82, 2.24) is 0 Å². The van der Waals surface area contributed by atoms with E-state index in [-0.39, 0.29) is 18.5 Å². The van der Waals surface area contributed by atoms with Crippen LogP contribution in [0.2, 0.25) is 0 Å². The van der Waals surface area contributed by atoms with Crippen LogP contribution < -0.4 is 0 Å². The molecule has 0 amide bonds. The van der Waals surface area contributed by atoms with E-state index in [4.69, 9.17) is 4.74 Å². The van der Waals surface area contributed by atoms with Gasteiger partial charge in [-0.05, 0) is 30.2 Å². The van der Waals surface area contributed by atoms with Crippen LogP contribution in [0.25, 0.3) is 11.1 Å². The van der Waals surface area contributed by atoms with E-state index in [1.54, 1.807) is 19.1 Å². The largest absolute Gasteiger partial charge is 0.462 e. The number of carbonyl (C=O) groups is 1. The molecule has 2 aromatic rings. The number of esters is 1. The van der Waals surface area contributed by atoms with Gasteiger partial charge in [0, 0.05) is 5.92 Å². The lowest BCUT2D eigenvalue weighted by atomic mass is 10.0. The molecule has 3 heteroatoms. The summed E-state index contributed by atoms with van der Waals surface area (Å²) in [6.07, 6.45) is -0.488. The van der Waals surface area contributed by atoms with Gasteiger partial charge in [-0.2, -0.15) is 0 Å². The van der Waals surface area contributed by atoms with E-state index < -0.39 is 6.10 Å². The number of rotatable bonds is 5. The van der Waals surface area contributed by atoms with Gasteiger partial charge in [-0.25, -0.2) is 4.79 Å². The van der Waals surface area contributed by atoms with Crippen molar-refractivity contribution in [3.05, 3.63) is 60.2 Å². The summed E-state index contributed by atoms with van der Waals surface area (Å²) in [5.74, 6) is -0.431. The first-order chi connectivity index (χ1) is 10.1. The van der Waals surface area contributed by atoms with Gasteiger partial charge in [0.2, 0.25) is 0 Å². The molecular formula is C18H20O3. The fourth-order valence-corrected chi connectivity index (χ4v) is 1.86. The average molecular weight is 284 g/mol. The lowest BCUT2D eigenvalue weighted by Gasteiger charge is -2.14. The third-order valence-corrected chi connectivity index (χ3v) is 3.53. The van der Waals surface area contributed by atoms with Crippen molar-refractivity contribution in [2.24, 2.45) is 5.92 Å². The van der Waals surface area contributed by atoms with Crippen LogP contribution >= 0.6 is 0 Å². The Bertz CT molecular complexity index is 573. The summed E-state index contributed by atoms with van der Waals surface area (Å²) in [6, 6.07) is 17.3. The third kappa shape index (κ3) is 4.17. The summed E-state index contributed by atoms with van der Waals surface area (Å²) in [7, 11) is 0. The molecule has 2 rings (SSSR count). The zero-order valence-electron chi connectivity index (χ0n) is 12.3. The fraction of sp³-hybridized carbons (Fsp3) is 0.278. The van der Waals surface area contributed by atoms with Gasteiger partial charge in [0.25, 0.3) is 0 Å². The highest BCUT2D eigenvalue weighted by atomic mass is 16.5. The van der Waals surface area contributed by atoms with E-state index in [0.29, 0.717) is 5.56 Å². The number of carbonyl (C=O) groups excluding carboxylic acids is 1. The quantitative estimate of drug-likeness (QED) is 0.854. The second-order valence-electron chi connectivity index (χ2n) is 5.26. The molecule has 3 nitrogen and oxygen atoms in total. The minimum absolute atomic E-state index is 0.0717. The molecule has 0 spiro atoms. The molecule has 21 heavy (non-hydrogen) atoms. The number of aliphatic hydroxyl groups excluding tert-OH is 1. The standard InChI is InChI=1S/C18H20O3/c1-13(14(2)19)12-21-18(20)17-10-8-16(9-11-17)15-6-4-3-5-7-15/h3-11,13-14,19H,12H2,1-2H3. The van der Waals surface area contributed by atoms with E-state index in [1.165, 1.54) is 0 Å². The Balaban J connectivity index is 2.00. The van der Waals surface area contributed by atoms with Crippen LogP contribution in [-0.2, 0) is 4.74 Å². The zero-order valence-corrected chi connectivity index (χ0v) is 12.3. The van der Waals surface area contributed by atoms with Crippen LogP contribution in [-0.4, -0.2) is 23.8 Å². The Labute approximate surface area is 125 Å². The molecule has 2 aromatic carbocycles. The van der Waals surface area contributed by atoms with E-state index in [9.17, 15) is 9.90 Å². The Morgan fingerprint density at radius 2 is 1.57 bits per heavy atom. The highest BCUT2D eigenvalue weighted by Gasteiger charge is 2.13. The summed E-state index contributed by atoms with van der Waals surface area (Å²) >= 11 is 0. The van der Waals surface area contributed by atoms with Crippen LogP contribution in [0.5, 0.6) is 0 Å². The molecule has 0 bridgehead atoms. The molecule has 0 heterocycles. The molecule has 2 atom stereocenters. The van der Waals surface area contributed by atoms with Gasteiger partial charge in [0.05, 0.1) is 18.3 Å². The van der Waals surface area contributed by atoms with Crippen molar-refractivity contribution >= 4 is 5.97 Å². The van der Waals surface area contributed by atoms with E-state index in [2.05, 4.69) is 0 Å². The number of hydrogen-bond acceptors (Lipinski definition) is 3. The smallest absolute Gasteiger partial charge is 0.338 e. The monoisotopic (exact) mass is 284 g/mol. The Kier molecular flexibility index (Phi) is 5.12. The van der Waals surface area contributed by atoms with Crippen LogP contribution in [0.3, 0.4) is 0 Å². The predicted molar refractivity (Wildman–Crippen MR) is 83.0 cm³/mol. The molecule has 0 aliphatic rings. The van der Waals surface area contributed by atoms with Gasteiger partial charge in [-0.15, -0.1) is 0 Å². The van der Waals surface area contributed by atoms with Crippen molar-refractivity contribution in [3.63, 3.8) is 0 Å². The summed E-state index contributed by atoms with van der Waals surface area (Å²) in [4.78, 5) is 11.9. The lowest BCUT2D eigenvalue weighted by molar-refractivity contribution is 0.0303. The number of ether oxygens (including phenoxy) is 1. The number of benzene rings is 2. The molecule has 0 aromatic heterocycles. The van der Waals surface area contributed by atoms with Gasteiger partial charge in [0.15, 0.2) is 0 Å². The van der Waals surface area contributed by atoms with Crippen molar-refractivity contribution in [3.8, 4) is 11.1 Å². The van der Waals surface area contributed by atoms with Crippen LogP contribution in [0, 0.1) is 5.92 Å². The third-order valence-electron chi connectivity index (χ3n) is 3.53. The molecule has 1 N–H and O–H groups in total. The van der Waals surface area contributed by atoms with Crippen LogP contribution in [0.4, 0.5) is 0 Å². The minimum Gasteiger partial charge on any atom is -0.462 e. The maximum atomic E-state index is 11.9. The Morgan fingerprint density at radius 1 is 1.00 bits per heavy atom. The number of hydrogen-bond donors (Lipinski definition) is 1. The Hall–Kier alpha value is -2.13. The molecule has 0 saturated carbocycles. The molecular weight excluding hydrogens is 264 g/mol. The average Bonchev–Trinajstić information content (AvgIpc) is 2.53. The van der Waals surface area contributed by atoms with Crippen molar-refractivity contribution in [2.75, 3.05) is 6.61 Å². The maximum absolute atomic E-state index is 11.9. The molecule has 0 radical (unpaired) electrons. The minimum atomic E-state index is -0.488. The second kappa shape index (κ2) is 7.04. The lowest BCUT2D eigenvalue weighted by Crippen LogP contribution is -2.21. The van der Waals surface area contributed by atoms with Crippen molar-refractivity contribution in [2.45, 2.75) is 20.0 Å². The van der Waals surface area contributed by atoms with Crippen LogP contribution in [0.15, 0.2) is 54.6 Å². The number of aliphatic hydroxyl groups is 1. The zero-order chi connectivity index (χ0) is 15.2. The van der Waals surface area contributed by atoms with Gasteiger partial charge in [-0.1, -0.05) is 49.4 Å². The van der Waals surface area contributed by atoms with Crippen LogP contribution in [0.1, 0.15) is 24.2 Å². The SMILES string of the molecule is CC(O)C(C)COC(=O)c1ccc(-c2ccccc2)cc1. The summed E-state index contributed by atoms with van der Waals surface area (Å²) in [5.41, 5.74) is 2.69. The fourth-order valence-electron chi connectivity index (χ4n) is 1.86. The highest BCUT2D eigenvalue weighted by Crippen LogP contribution is 2.19. The van der Waals surface area contributed by atoms with Gasteiger partial charge in [0.1, 0.15) is 0 Å². The van der Waals surface area contributed by atoms with Gasteiger partial charge < -0.3 is 9.84 Å². The first-order valence-electron chi connectivity index (χ1n) is 7.08. The molecule has 0 fully saturated rings. The molecule has 110 valence electrons. The normalized spacial score (nSPS) is 13.5. The van der Waals surface area contributed by atoms with Gasteiger partial charge >= 0.3 is 5.97 Å². The predicted octanol–water partition coefficient (Wildman–Crippen LogP) is 3.53. The molecule has 0 aliphatic heterocycles. The molecule has 2 unspecified atom stereocenters. The molecule has 0 saturated heterocycles. The topological polar surface area (TPSA) is 46.5 Å². The first-order valence-corrected chi connectivity index (χ1v) is 7.08. The van der Waals surface area contributed by atoms with Crippen molar-refractivity contribution in [1.29, 1.82) is 0 Å².